The third kappa shape index (κ3) is 5.61. The van der Waals surface area contributed by atoms with Gasteiger partial charge in [-0.2, -0.15) is 0 Å². The van der Waals surface area contributed by atoms with E-state index in [2.05, 4.69) is 39.1 Å². The van der Waals surface area contributed by atoms with Crippen LogP contribution in [-0.4, -0.2) is 36.2 Å². The summed E-state index contributed by atoms with van der Waals surface area (Å²) in [5, 5.41) is 13.7. The van der Waals surface area contributed by atoms with Gasteiger partial charge in [0.15, 0.2) is 0 Å². The van der Waals surface area contributed by atoms with E-state index >= 15 is 0 Å². The Morgan fingerprint density at radius 1 is 1.29 bits per heavy atom. The topological polar surface area (TPSA) is 35.5 Å². The van der Waals surface area contributed by atoms with Crippen LogP contribution in [0.2, 0.25) is 0 Å². The number of piperazine rings is 1. The quantitative estimate of drug-likeness (QED) is 0.780. The lowest BCUT2D eigenvalue weighted by Gasteiger charge is -2.35. The molecule has 1 heterocycles. The first-order chi connectivity index (χ1) is 9.24. The number of hydrogen-bond donors (Lipinski definition) is 2. The van der Waals surface area contributed by atoms with Crippen molar-refractivity contribution in [2.75, 3.05) is 26.2 Å². The maximum Gasteiger partial charge on any atom is 0.134 e. The highest BCUT2D eigenvalue weighted by Gasteiger charge is 2.24. The molecule has 1 aliphatic heterocycles. The lowest BCUT2D eigenvalue weighted by Crippen LogP contribution is -2.45. The van der Waals surface area contributed by atoms with Crippen LogP contribution in [0.3, 0.4) is 0 Å². The summed E-state index contributed by atoms with van der Waals surface area (Å²) in [6.07, 6.45) is 3.50. The van der Waals surface area contributed by atoms with Crippen LogP contribution in [0.15, 0.2) is 22.7 Å². The number of para-hydroxylation sites is 1. The van der Waals surface area contributed by atoms with Crippen molar-refractivity contribution in [3.63, 3.8) is 0 Å². The van der Waals surface area contributed by atoms with Gasteiger partial charge < -0.3 is 10.4 Å². The van der Waals surface area contributed by atoms with Gasteiger partial charge in [0.1, 0.15) is 5.75 Å². The molecule has 0 saturated carbocycles. The van der Waals surface area contributed by atoms with E-state index in [1.165, 1.54) is 12.8 Å². The Morgan fingerprint density at radius 3 is 2.57 bits per heavy atom. The van der Waals surface area contributed by atoms with Crippen molar-refractivity contribution in [1.29, 1.82) is 0 Å². The highest BCUT2D eigenvalue weighted by Crippen LogP contribution is 2.36. The van der Waals surface area contributed by atoms with Gasteiger partial charge in [0, 0.05) is 37.8 Å². The van der Waals surface area contributed by atoms with Crippen molar-refractivity contribution in [2.45, 2.75) is 32.2 Å². The summed E-state index contributed by atoms with van der Waals surface area (Å²) in [4.78, 5) is 2.49. The standard InChI is InChI=1S/C15H23BrN2O.2ClH/c1-2-3-7-14(18-10-8-17-9-11-18)12-5-4-6-13(16)15(12)19;;/h4-6,14,17,19H,2-3,7-11H2,1H3;2*1H/t14-;;/m1../s1. The maximum atomic E-state index is 10.3. The molecule has 122 valence electrons. The molecule has 1 aromatic rings. The lowest BCUT2D eigenvalue weighted by molar-refractivity contribution is 0.160. The van der Waals surface area contributed by atoms with Crippen molar-refractivity contribution in [3.8, 4) is 5.75 Å². The predicted molar refractivity (Wildman–Crippen MR) is 97.0 cm³/mol. The molecule has 1 fully saturated rings. The summed E-state index contributed by atoms with van der Waals surface area (Å²) < 4.78 is 0.793. The van der Waals surface area contributed by atoms with Crippen LogP contribution in [-0.2, 0) is 0 Å². The number of aromatic hydroxyl groups is 1. The zero-order chi connectivity index (χ0) is 13.7. The Kier molecular flexibility index (Phi) is 10.7. The van der Waals surface area contributed by atoms with Gasteiger partial charge >= 0.3 is 0 Å². The number of benzene rings is 1. The molecule has 21 heavy (non-hydrogen) atoms. The molecule has 6 heteroatoms. The summed E-state index contributed by atoms with van der Waals surface area (Å²) in [6, 6.07) is 6.30. The SMILES string of the molecule is CCCC[C@H](c1cccc(Br)c1O)N1CCNCC1.Cl.Cl. The Balaban J connectivity index is 0.00000200. The van der Waals surface area contributed by atoms with E-state index in [-0.39, 0.29) is 24.8 Å². The minimum absolute atomic E-state index is 0. The van der Waals surface area contributed by atoms with Crippen LogP contribution >= 0.6 is 40.7 Å². The van der Waals surface area contributed by atoms with Gasteiger partial charge in [-0.25, -0.2) is 0 Å². The number of nitrogens with zero attached hydrogens (tertiary/aromatic N) is 1. The molecular formula is C15H25BrCl2N2O. The summed E-state index contributed by atoms with van der Waals surface area (Å²) >= 11 is 3.43. The smallest absolute Gasteiger partial charge is 0.134 e. The van der Waals surface area contributed by atoms with Crippen molar-refractivity contribution in [1.82, 2.24) is 10.2 Å². The van der Waals surface area contributed by atoms with Crippen LogP contribution in [0.5, 0.6) is 5.75 Å². The second kappa shape index (κ2) is 10.7. The highest BCUT2D eigenvalue weighted by molar-refractivity contribution is 9.10. The molecule has 1 atom stereocenters. The van der Waals surface area contributed by atoms with E-state index in [9.17, 15) is 5.11 Å². The van der Waals surface area contributed by atoms with Gasteiger partial charge in [-0.05, 0) is 28.4 Å². The molecule has 3 nitrogen and oxygen atoms in total. The monoisotopic (exact) mass is 398 g/mol. The number of phenols is 1. The third-order valence-electron chi connectivity index (χ3n) is 3.80. The second-order valence-electron chi connectivity index (χ2n) is 5.12. The number of hydrogen-bond acceptors (Lipinski definition) is 3. The van der Waals surface area contributed by atoms with Crippen LogP contribution in [0.1, 0.15) is 37.8 Å². The van der Waals surface area contributed by atoms with Crippen LogP contribution in [0.4, 0.5) is 0 Å². The summed E-state index contributed by atoms with van der Waals surface area (Å²) in [5.74, 6) is 0.405. The molecule has 1 saturated heterocycles. The Morgan fingerprint density at radius 2 is 1.95 bits per heavy atom. The van der Waals surface area contributed by atoms with Crippen molar-refractivity contribution < 1.29 is 5.11 Å². The molecule has 0 amide bonds. The number of phenolic OH excluding ortho intramolecular Hbond substituents is 1. The Hall–Kier alpha value is -0.000000000000000111. The molecule has 1 aromatic carbocycles. The van der Waals surface area contributed by atoms with Crippen molar-refractivity contribution in [3.05, 3.63) is 28.2 Å². The minimum atomic E-state index is 0. The fourth-order valence-corrected chi connectivity index (χ4v) is 3.11. The van der Waals surface area contributed by atoms with Crippen molar-refractivity contribution >= 4 is 40.7 Å². The van der Waals surface area contributed by atoms with Gasteiger partial charge in [0.05, 0.1) is 4.47 Å². The molecular weight excluding hydrogens is 375 g/mol. The van der Waals surface area contributed by atoms with E-state index in [0.29, 0.717) is 11.8 Å². The zero-order valence-corrected chi connectivity index (χ0v) is 15.6. The highest BCUT2D eigenvalue weighted by atomic mass is 79.9. The van der Waals surface area contributed by atoms with E-state index in [1.54, 1.807) is 0 Å². The summed E-state index contributed by atoms with van der Waals surface area (Å²) in [5.41, 5.74) is 1.06. The summed E-state index contributed by atoms with van der Waals surface area (Å²) in [7, 11) is 0. The van der Waals surface area contributed by atoms with E-state index < -0.39 is 0 Å². The number of rotatable bonds is 5. The molecule has 0 bridgehead atoms. The predicted octanol–water partition coefficient (Wildman–Crippen LogP) is 4.13. The largest absolute Gasteiger partial charge is 0.506 e. The average molecular weight is 400 g/mol. The fourth-order valence-electron chi connectivity index (χ4n) is 2.73. The average Bonchev–Trinajstić information content (AvgIpc) is 2.45. The first kappa shape index (κ1) is 21.0. The van der Waals surface area contributed by atoms with Crippen LogP contribution in [0.25, 0.3) is 0 Å². The van der Waals surface area contributed by atoms with Gasteiger partial charge in [-0.15, -0.1) is 24.8 Å². The number of unbranched alkanes of at least 4 members (excludes halogenated alkanes) is 1. The molecule has 2 N–H and O–H groups in total. The van der Waals surface area contributed by atoms with E-state index in [0.717, 1.165) is 42.6 Å². The van der Waals surface area contributed by atoms with Crippen molar-refractivity contribution in [2.24, 2.45) is 0 Å². The molecule has 0 aromatic heterocycles. The fraction of sp³-hybridized carbons (Fsp3) is 0.600. The normalized spacial score (nSPS) is 16.7. The molecule has 0 aliphatic carbocycles. The summed E-state index contributed by atoms with van der Waals surface area (Å²) in [6.45, 7) is 6.41. The van der Waals surface area contributed by atoms with Gasteiger partial charge in [0.2, 0.25) is 0 Å². The van der Waals surface area contributed by atoms with Gasteiger partial charge in [0.25, 0.3) is 0 Å². The van der Waals surface area contributed by atoms with Gasteiger partial charge in [-0.1, -0.05) is 31.9 Å². The van der Waals surface area contributed by atoms with Crippen LogP contribution in [0, 0.1) is 0 Å². The van der Waals surface area contributed by atoms with E-state index in [4.69, 9.17) is 0 Å². The first-order valence-electron chi connectivity index (χ1n) is 7.16. The minimum Gasteiger partial charge on any atom is -0.506 e. The molecule has 0 radical (unpaired) electrons. The molecule has 0 spiro atoms. The van der Waals surface area contributed by atoms with Crippen LogP contribution < -0.4 is 5.32 Å². The number of nitrogens with one attached hydrogen (secondary N) is 1. The Labute approximate surface area is 148 Å². The maximum absolute atomic E-state index is 10.3. The zero-order valence-electron chi connectivity index (χ0n) is 12.3. The molecule has 2 rings (SSSR count). The molecule has 0 unspecified atom stereocenters. The lowest BCUT2D eigenvalue weighted by atomic mass is 9.98. The first-order valence-corrected chi connectivity index (χ1v) is 7.95. The number of halogens is 3. The Bertz CT molecular complexity index is 415. The second-order valence-corrected chi connectivity index (χ2v) is 5.98. The third-order valence-corrected chi connectivity index (χ3v) is 4.44. The van der Waals surface area contributed by atoms with E-state index in [1.807, 2.05) is 12.1 Å². The van der Waals surface area contributed by atoms with Gasteiger partial charge in [-0.3, -0.25) is 4.90 Å². The molecule has 1 aliphatic rings.